The van der Waals surface area contributed by atoms with Gasteiger partial charge in [0, 0.05) is 43.0 Å². The smallest absolute Gasteiger partial charge is 0.475 e. The van der Waals surface area contributed by atoms with Gasteiger partial charge in [0.25, 0.3) is 0 Å². The molecule has 2 aromatic rings. The average molecular weight is 544 g/mol. The van der Waals surface area contributed by atoms with Crippen molar-refractivity contribution in [3.05, 3.63) is 46.6 Å². The number of halogens is 4. The second kappa shape index (κ2) is 12.4. The number of carbonyl (C=O) groups excluding carboxylic acids is 1. The molecule has 8 nitrogen and oxygen atoms in total. The van der Waals surface area contributed by atoms with Crippen molar-refractivity contribution >= 4 is 35.2 Å². The van der Waals surface area contributed by atoms with Gasteiger partial charge in [-0.2, -0.15) is 18.2 Å². The van der Waals surface area contributed by atoms with Gasteiger partial charge in [0.2, 0.25) is 11.9 Å². The predicted molar refractivity (Wildman–Crippen MR) is 137 cm³/mol. The molecule has 37 heavy (non-hydrogen) atoms. The van der Waals surface area contributed by atoms with Crippen molar-refractivity contribution in [2.24, 2.45) is 0 Å². The SMILES string of the molecule is Cc1cnc(N[C@H]2CC[C@@H](NC(=O)C(C)(C)c3ccc(Cl)cc3)CC2)nc1N(C)C.O=C(O)C(F)(F)F. The first kappa shape index (κ1) is 30.1. The third-order valence-corrected chi connectivity index (χ3v) is 6.39. The van der Waals surface area contributed by atoms with Crippen LogP contribution < -0.4 is 15.5 Å². The predicted octanol–water partition coefficient (Wildman–Crippen LogP) is 4.95. The molecule has 12 heteroatoms. The quantitative estimate of drug-likeness (QED) is 0.473. The maximum absolute atomic E-state index is 12.9. The highest BCUT2D eigenvalue weighted by Gasteiger charge is 2.38. The molecule has 0 spiro atoms. The number of aromatic nitrogens is 2. The van der Waals surface area contributed by atoms with Crippen LogP contribution in [0, 0.1) is 6.92 Å². The number of hydrogen-bond acceptors (Lipinski definition) is 6. The first-order chi connectivity index (χ1) is 17.1. The fraction of sp³-hybridized carbons (Fsp3) is 0.520. The molecule has 1 aliphatic carbocycles. The van der Waals surface area contributed by atoms with Crippen LogP contribution in [-0.2, 0) is 15.0 Å². The summed E-state index contributed by atoms with van der Waals surface area (Å²) in [4.78, 5) is 32.9. The molecule has 1 amide bonds. The van der Waals surface area contributed by atoms with E-state index in [-0.39, 0.29) is 11.9 Å². The zero-order valence-corrected chi connectivity index (χ0v) is 22.2. The molecule has 1 fully saturated rings. The summed E-state index contributed by atoms with van der Waals surface area (Å²) in [5, 5.41) is 14.5. The first-order valence-corrected chi connectivity index (χ1v) is 12.1. The Morgan fingerprint density at radius 2 is 1.57 bits per heavy atom. The minimum Gasteiger partial charge on any atom is -0.475 e. The summed E-state index contributed by atoms with van der Waals surface area (Å²) in [6.07, 6.45) is 0.593. The van der Waals surface area contributed by atoms with Crippen LogP contribution in [0.1, 0.15) is 50.7 Å². The van der Waals surface area contributed by atoms with Gasteiger partial charge in [-0.15, -0.1) is 0 Å². The highest BCUT2D eigenvalue weighted by Crippen LogP contribution is 2.27. The minimum absolute atomic E-state index is 0.0544. The van der Waals surface area contributed by atoms with Gasteiger partial charge >= 0.3 is 12.1 Å². The molecule has 204 valence electrons. The zero-order valence-electron chi connectivity index (χ0n) is 21.5. The Hall–Kier alpha value is -3.08. The summed E-state index contributed by atoms with van der Waals surface area (Å²) < 4.78 is 31.7. The van der Waals surface area contributed by atoms with Crippen LogP contribution in [0.2, 0.25) is 5.02 Å². The molecule has 1 heterocycles. The van der Waals surface area contributed by atoms with Gasteiger partial charge in [-0.05, 0) is 64.2 Å². The van der Waals surface area contributed by atoms with E-state index in [1.807, 2.05) is 70.2 Å². The summed E-state index contributed by atoms with van der Waals surface area (Å²) >= 11 is 5.98. The lowest BCUT2D eigenvalue weighted by Gasteiger charge is -2.33. The summed E-state index contributed by atoms with van der Waals surface area (Å²) in [5.41, 5.74) is 1.42. The third-order valence-electron chi connectivity index (χ3n) is 6.14. The number of aliphatic carboxylic acids is 1. The van der Waals surface area contributed by atoms with Crippen LogP contribution in [0.4, 0.5) is 24.9 Å². The molecule has 1 aromatic heterocycles. The van der Waals surface area contributed by atoms with Gasteiger partial charge in [-0.25, -0.2) is 9.78 Å². The van der Waals surface area contributed by atoms with Gasteiger partial charge < -0.3 is 20.6 Å². The number of anilines is 2. The van der Waals surface area contributed by atoms with E-state index in [9.17, 15) is 18.0 Å². The molecule has 3 N–H and O–H groups in total. The number of amides is 1. The number of alkyl halides is 3. The van der Waals surface area contributed by atoms with Crippen molar-refractivity contribution < 1.29 is 27.9 Å². The summed E-state index contributed by atoms with van der Waals surface area (Å²) in [7, 11) is 3.97. The molecule has 1 aliphatic rings. The van der Waals surface area contributed by atoms with E-state index in [1.165, 1.54) is 0 Å². The van der Waals surface area contributed by atoms with Crippen LogP contribution in [0.15, 0.2) is 30.5 Å². The molecule has 0 bridgehead atoms. The number of carboxylic acids is 1. The van der Waals surface area contributed by atoms with Gasteiger partial charge in [0.1, 0.15) is 5.82 Å². The highest BCUT2D eigenvalue weighted by molar-refractivity contribution is 6.30. The Balaban J connectivity index is 0.000000604. The number of benzene rings is 1. The van der Waals surface area contributed by atoms with Gasteiger partial charge in [0.05, 0.1) is 5.41 Å². The maximum atomic E-state index is 12.9. The van der Waals surface area contributed by atoms with E-state index in [1.54, 1.807) is 0 Å². The van der Waals surface area contributed by atoms with Crippen molar-refractivity contribution in [3.8, 4) is 0 Å². The molecule has 0 radical (unpaired) electrons. The maximum Gasteiger partial charge on any atom is 0.490 e. The first-order valence-electron chi connectivity index (χ1n) is 11.8. The monoisotopic (exact) mass is 543 g/mol. The zero-order chi connectivity index (χ0) is 28.0. The van der Waals surface area contributed by atoms with Crippen molar-refractivity contribution in [2.45, 2.75) is 70.1 Å². The van der Waals surface area contributed by atoms with Crippen molar-refractivity contribution in [1.82, 2.24) is 15.3 Å². The minimum atomic E-state index is -5.08. The lowest BCUT2D eigenvalue weighted by Crippen LogP contribution is -2.47. The van der Waals surface area contributed by atoms with Crippen LogP contribution in [0.5, 0.6) is 0 Å². The number of hydrogen-bond donors (Lipinski definition) is 3. The number of rotatable bonds is 6. The second-order valence-corrected chi connectivity index (χ2v) is 10.1. The number of nitrogens with zero attached hydrogens (tertiary/aromatic N) is 3. The van der Waals surface area contributed by atoms with Crippen LogP contribution in [0.25, 0.3) is 0 Å². The van der Waals surface area contributed by atoms with E-state index < -0.39 is 17.6 Å². The molecule has 3 rings (SSSR count). The Morgan fingerprint density at radius 1 is 1.05 bits per heavy atom. The van der Waals surface area contributed by atoms with Crippen molar-refractivity contribution in [2.75, 3.05) is 24.3 Å². The summed E-state index contributed by atoms with van der Waals surface area (Å²) in [5.74, 6) is -1.11. The Bertz CT molecular complexity index is 1070. The van der Waals surface area contributed by atoms with Gasteiger partial charge in [0.15, 0.2) is 0 Å². The molecule has 0 atom stereocenters. The number of nitrogens with one attached hydrogen (secondary N) is 2. The van der Waals surface area contributed by atoms with Gasteiger partial charge in [-0.3, -0.25) is 4.79 Å². The lowest BCUT2D eigenvalue weighted by molar-refractivity contribution is -0.192. The van der Waals surface area contributed by atoms with Crippen molar-refractivity contribution in [1.29, 1.82) is 0 Å². The molecular formula is C25H33ClF3N5O3. The highest BCUT2D eigenvalue weighted by atomic mass is 35.5. The Morgan fingerprint density at radius 3 is 2.05 bits per heavy atom. The fourth-order valence-electron chi connectivity index (χ4n) is 3.88. The fourth-order valence-corrected chi connectivity index (χ4v) is 4.01. The molecule has 1 saturated carbocycles. The molecular weight excluding hydrogens is 511 g/mol. The Labute approximate surface area is 219 Å². The van der Waals surface area contributed by atoms with Crippen molar-refractivity contribution in [3.63, 3.8) is 0 Å². The molecule has 0 aliphatic heterocycles. The standard InChI is InChI=1S/C23H32ClN5O.C2HF3O2/c1-15-14-25-22(28-20(15)29(4)5)27-19-12-10-18(11-13-19)26-21(30)23(2,3)16-6-8-17(24)9-7-16;3-2(4,5)1(6)7/h6-9,14,18-19H,10-13H2,1-5H3,(H,26,30)(H,25,27,28);(H,6,7)/t18-,19+;. The topological polar surface area (TPSA) is 107 Å². The normalized spacial score (nSPS) is 17.8. The molecule has 0 saturated heterocycles. The van der Waals surface area contributed by atoms with E-state index in [2.05, 4.69) is 20.6 Å². The van der Waals surface area contributed by atoms with E-state index in [0.29, 0.717) is 17.0 Å². The largest absolute Gasteiger partial charge is 0.490 e. The van der Waals surface area contributed by atoms with Gasteiger partial charge in [-0.1, -0.05) is 23.7 Å². The van der Waals surface area contributed by atoms with Crippen LogP contribution in [0.3, 0.4) is 0 Å². The molecule has 1 aromatic carbocycles. The summed E-state index contributed by atoms with van der Waals surface area (Å²) in [6.45, 7) is 5.92. The van der Waals surface area contributed by atoms with E-state index in [0.717, 1.165) is 42.6 Å². The summed E-state index contributed by atoms with van der Waals surface area (Å²) in [6, 6.07) is 8.02. The average Bonchev–Trinajstić information content (AvgIpc) is 2.81. The van der Waals surface area contributed by atoms with Crippen LogP contribution >= 0.6 is 11.6 Å². The Kier molecular flexibility index (Phi) is 10.1. The van der Waals surface area contributed by atoms with E-state index >= 15 is 0 Å². The number of carbonyl (C=O) groups is 2. The second-order valence-electron chi connectivity index (χ2n) is 9.70. The molecule has 0 unspecified atom stereocenters. The number of aryl methyl sites for hydroxylation is 1. The third kappa shape index (κ3) is 8.77. The number of carboxylic acid groups (broad SMARTS) is 1. The lowest BCUT2D eigenvalue weighted by atomic mass is 9.82. The van der Waals surface area contributed by atoms with Crippen LogP contribution in [-0.4, -0.2) is 59.3 Å². The van der Waals surface area contributed by atoms with E-state index in [4.69, 9.17) is 21.5 Å².